The van der Waals surface area contributed by atoms with E-state index in [9.17, 15) is 0 Å². The summed E-state index contributed by atoms with van der Waals surface area (Å²) in [6.45, 7) is 5.47. The van der Waals surface area contributed by atoms with Crippen LogP contribution >= 0.6 is 56.7 Å². The van der Waals surface area contributed by atoms with Gasteiger partial charge in [-0.3, -0.25) is 0 Å². The zero-order valence-corrected chi connectivity index (χ0v) is 18.8. The average molecular weight is 449 g/mol. The maximum absolute atomic E-state index is 5.79. The van der Waals surface area contributed by atoms with Gasteiger partial charge in [0.05, 0.1) is 42.1 Å². The Balaban J connectivity index is 1.59. The second-order valence-corrected chi connectivity index (χ2v) is 10.8. The first kappa shape index (κ1) is 17.7. The van der Waals surface area contributed by atoms with Crippen LogP contribution in [0.25, 0.3) is 38.3 Å². The number of ether oxygens (including phenoxy) is 2. The van der Waals surface area contributed by atoms with E-state index >= 15 is 0 Å². The van der Waals surface area contributed by atoms with Crippen LogP contribution in [0.4, 0.5) is 0 Å². The molecule has 0 unspecified atom stereocenters. The van der Waals surface area contributed by atoms with E-state index in [1.807, 2.05) is 47.9 Å². The molecule has 0 aromatic carbocycles. The topological polar surface area (TPSA) is 18.5 Å². The van der Waals surface area contributed by atoms with Crippen molar-refractivity contribution in [3.63, 3.8) is 0 Å². The molecule has 138 valence electrons. The molecule has 0 aliphatic rings. The summed E-state index contributed by atoms with van der Waals surface area (Å²) < 4.78 is 17.1. The molecule has 27 heavy (non-hydrogen) atoms. The normalized spacial score (nSPS) is 11.6. The lowest BCUT2D eigenvalue weighted by molar-refractivity contribution is 0.343. The van der Waals surface area contributed by atoms with Crippen LogP contribution in [0.5, 0.6) is 11.5 Å². The van der Waals surface area contributed by atoms with Gasteiger partial charge < -0.3 is 9.47 Å². The minimum absolute atomic E-state index is 0.699. The van der Waals surface area contributed by atoms with Crippen LogP contribution in [0.1, 0.15) is 13.8 Å². The monoisotopic (exact) mass is 448 g/mol. The summed E-state index contributed by atoms with van der Waals surface area (Å²) in [5.41, 5.74) is 0. The average Bonchev–Trinajstić information content (AvgIpc) is 3.41. The minimum Gasteiger partial charge on any atom is -0.492 e. The lowest BCUT2D eigenvalue weighted by atomic mass is 10.3. The van der Waals surface area contributed by atoms with Crippen molar-refractivity contribution < 1.29 is 9.47 Å². The van der Waals surface area contributed by atoms with E-state index in [4.69, 9.17) is 9.47 Å². The fourth-order valence-electron chi connectivity index (χ4n) is 3.05. The lowest BCUT2D eigenvalue weighted by Gasteiger charge is -2.02. The van der Waals surface area contributed by atoms with Crippen LogP contribution in [-0.2, 0) is 0 Å². The van der Waals surface area contributed by atoms with Gasteiger partial charge in [0.15, 0.2) is 0 Å². The first-order chi connectivity index (χ1) is 13.3. The molecule has 5 aromatic rings. The Morgan fingerprint density at radius 2 is 1.19 bits per heavy atom. The summed E-state index contributed by atoms with van der Waals surface area (Å²) >= 11 is 9.16. The van der Waals surface area contributed by atoms with E-state index in [1.54, 1.807) is 22.7 Å². The molecule has 0 aliphatic heterocycles. The molecule has 0 saturated carbocycles. The van der Waals surface area contributed by atoms with Gasteiger partial charge in [0.25, 0.3) is 0 Å². The van der Waals surface area contributed by atoms with Gasteiger partial charge in [-0.25, -0.2) is 0 Å². The van der Waals surface area contributed by atoms with E-state index in [-0.39, 0.29) is 0 Å². The van der Waals surface area contributed by atoms with Gasteiger partial charge in [-0.05, 0) is 48.9 Å². The summed E-state index contributed by atoms with van der Waals surface area (Å²) in [6.07, 6.45) is 0. The third-order valence-corrected chi connectivity index (χ3v) is 10.1. The van der Waals surface area contributed by atoms with Crippen molar-refractivity contribution in [2.75, 3.05) is 13.2 Å². The van der Waals surface area contributed by atoms with Gasteiger partial charge in [-0.15, -0.1) is 56.7 Å². The fourth-order valence-corrected chi connectivity index (χ4v) is 8.99. The van der Waals surface area contributed by atoms with Crippen molar-refractivity contribution >= 4 is 75.5 Å². The molecule has 0 saturated heterocycles. The first-order valence-electron chi connectivity index (χ1n) is 8.65. The molecule has 7 heteroatoms. The highest BCUT2D eigenvalue weighted by Crippen LogP contribution is 2.51. The summed E-state index contributed by atoms with van der Waals surface area (Å²) in [7, 11) is 0. The summed E-state index contributed by atoms with van der Waals surface area (Å²) in [5.74, 6) is 2.00. The summed E-state index contributed by atoms with van der Waals surface area (Å²) in [5, 5.41) is 4.22. The Bertz CT molecular complexity index is 1120. The van der Waals surface area contributed by atoms with Crippen molar-refractivity contribution in [2.24, 2.45) is 0 Å². The zero-order chi connectivity index (χ0) is 18.4. The Morgan fingerprint density at radius 3 is 1.63 bits per heavy atom. The third kappa shape index (κ3) is 3.02. The number of thiophene rings is 5. The second kappa shape index (κ2) is 7.22. The molecular formula is C20H16O2S5. The summed E-state index contributed by atoms with van der Waals surface area (Å²) in [6, 6.07) is 8.79. The number of rotatable bonds is 6. The van der Waals surface area contributed by atoms with E-state index in [2.05, 4.69) is 35.0 Å². The van der Waals surface area contributed by atoms with Crippen molar-refractivity contribution in [2.45, 2.75) is 13.8 Å². The van der Waals surface area contributed by atoms with Gasteiger partial charge in [-0.1, -0.05) is 0 Å². The van der Waals surface area contributed by atoms with Crippen molar-refractivity contribution in [1.82, 2.24) is 0 Å². The maximum atomic E-state index is 5.79. The molecule has 0 amide bonds. The fraction of sp³-hybridized carbons (Fsp3) is 0.200. The smallest absolute Gasteiger partial charge is 0.138 e. The standard InChI is InChI=1S/C20H16O2S5/c1-3-21-11-5-7-23-17(11)13-9-15-19(26-13)20-16(25-15)10-14(27-20)18-12(22-4-2)6-8-24-18/h5-10H,3-4H2,1-2H3. The van der Waals surface area contributed by atoms with Crippen LogP contribution in [0.3, 0.4) is 0 Å². The SMILES string of the molecule is CCOc1ccsc1-c1cc2sc3cc(-c4sccc4OCC)sc3c2s1. The van der Waals surface area contributed by atoms with Crippen LogP contribution in [0.2, 0.25) is 0 Å². The van der Waals surface area contributed by atoms with Crippen LogP contribution in [-0.4, -0.2) is 13.2 Å². The largest absolute Gasteiger partial charge is 0.492 e. The molecule has 0 radical (unpaired) electrons. The predicted molar refractivity (Wildman–Crippen MR) is 124 cm³/mol. The van der Waals surface area contributed by atoms with Gasteiger partial charge in [0, 0.05) is 9.40 Å². The molecule has 0 spiro atoms. The van der Waals surface area contributed by atoms with Gasteiger partial charge in [-0.2, -0.15) is 0 Å². The van der Waals surface area contributed by atoms with E-state index < -0.39 is 0 Å². The maximum Gasteiger partial charge on any atom is 0.138 e. The first-order valence-corrected chi connectivity index (χ1v) is 12.9. The molecule has 5 heterocycles. The number of fused-ring (bicyclic) bond motifs is 3. The Hall–Kier alpha value is -1.38. The van der Waals surface area contributed by atoms with Crippen molar-refractivity contribution in [3.05, 3.63) is 35.0 Å². The third-order valence-electron chi connectivity index (χ3n) is 4.13. The molecule has 0 fully saturated rings. The van der Waals surface area contributed by atoms with E-state index in [0.29, 0.717) is 13.2 Å². The van der Waals surface area contributed by atoms with E-state index in [1.165, 1.54) is 38.3 Å². The highest BCUT2D eigenvalue weighted by Gasteiger charge is 2.18. The van der Waals surface area contributed by atoms with Crippen molar-refractivity contribution in [1.29, 1.82) is 0 Å². The molecule has 0 bridgehead atoms. The van der Waals surface area contributed by atoms with Gasteiger partial charge >= 0.3 is 0 Å². The zero-order valence-electron chi connectivity index (χ0n) is 14.7. The molecule has 0 atom stereocenters. The lowest BCUT2D eigenvalue weighted by Crippen LogP contribution is -1.89. The predicted octanol–water partition coefficient (Wildman–Crippen LogP) is 8.43. The van der Waals surface area contributed by atoms with Gasteiger partial charge in [0.2, 0.25) is 0 Å². The quantitative estimate of drug-likeness (QED) is 0.259. The second-order valence-electron chi connectivity index (χ2n) is 5.80. The highest BCUT2D eigenvalue weighted by molar-refractivity contribution is 7.41. The Morgan fingerprint density at radius 1 is 0.704 bits per heavy atom. The Kier molecular flexibility index (Phi) is 4.73. The van der Waals surface area contributed by atoms with E-state index in [0.717, 1.165) is 11.5 Å². The van der Waals surface area contributed by atoms with Gasteiger partial charge in [0.1, 0.15) is 11.5 Å². The summed E-state index contributed by atoms with van der Waals surface area (Å²) in [4.78, 5) is 5.09. The number of hydrogen-bond donors (Lipinski definition) is 0. The highest BCUT2D eigenvalue weighted by atomic mass is 32.1. The minimum atomic E-state index is 0.699. The van der Waals surface area contributed by atoms with Crippen molar-refractivity contribution in [3.8, 4) is 31.0 Å². The number of hydrogen-bond acceptors (Lipinski definition) is 7. The molecule has 0 N–H and O–H groups in total. The van der Waals surface area contributed by atoms with Crippen LogP contribution in [0.15, 0.2) is 35.0 Å². The molecule has 5 rings (SSSR count). The molecule has 2 nitrogen and oxygen atoms in total. The molecule has 0 aliphatic carbocycles. The molecule has 5 aromatic heterocycles. The molecular weight excluding hydrogens is 433 g/mol. The Labute approximate surface area is 177 Å². The van der Waals surface area contributed by atoms with Crippen LogP contribution < -0.4 is 9.47 Å². The van der Waals surface area contributed by atoms with Crippen LogP contribution in [0, 0.1) is 0 Å².